The lowest BCUT2D eigenvalue weighted by Crippen LogP contribution is -2.48. The number of ether oxygens (including phenoxy) is 2. The van der Waals surface area contributed by atoms with E-state index >= 15 is 0 Å². The van der Waals surface area contributed by atoms with E-state index in [4.69, 9.17) is 15.2 Å². The van der Waals surface area contributed by atoms with Crippen molar-refractivity contribution in [1.82, 2.24) is 5.32 Å². The van der Waals surface area contributed by atoms with Crippen LogP contribution in [-0.4, -0.2) is 44.4 Å². The van der Waals surface area contributed by atoms with Gasteiger partial charge in [-0.15, -0.1) is 0 Å². The van der Waals surface area contributed by atoms with Gasteiger partial charge in [-0.3, -0.25) is 4.79 Å². The molecule has 1 aliphatic heterocycles. The zero-order valence-electron chi connectivity index (χ0n) is 10.1. The van der Waals surface area contributed by atoms with Crippen LogP contribution in [-0.2, 0) is 14.3 Å². The summed E-state index contributed by atoms with van der Waals surface area (Å²) in [6.45, 7) is 3.25. The van der Waals surface area contributed by atoms with Crippen LogP contribution < -0.4 is 11.1 Å². The first-order valence-electron chi connectivity index (χ1n) is 5.81. The topological polar surface area (TPSA) is 73.6 Å². The maximum atomic E-state index is 11.7. The quantitative estimate of drug-likeness (QED) is 0.675. The molecule has 0 saturated carbocycles. The van der Waals surface area contributed by atoms with Crippen molar-refractivity contribution >= 4 is 5.91 Å². The molecule has 0 aliphatic carbocycles. The van der Waals surface area contributed by atoms with E-state index in [0.717, 1.165) is 19.4 Å². The van der Waals surface area contributed by atoms with Gasteiger partial charge in [0.1, 0.15) is 0 Å². The molecular formula is C11H22N2O3. The predicted octanol–water partition coefficient (Wildman–Crippen LogP) is 0.0339. The number of amides is 1. The van der Waals surface area contributed by atoms with Crippen molar-refractivity contribution in [2.75, 3.05) is 20.3 Å². The molecule has 16 heavy (non-hydrogen) atoms. The molecule has 1 rings (SSSR count). The molecule has 0 spiro atoms. The second-order valence-electron chi connectivity index (χ2n) is 4.24. The van der Waals surface area contributed by atoms with E-state index in [2.05, 4.69) is 5.32 Å². The van der Waals surface area contributed by atoms with Gasteiger partial charge in [0.25, 0.3) is 0 Å². The molecule has 3 atom stereocenters. The Balaban J connectivity index is 2.26. The highest BCUT2D eigenvalue weighted by molar-refractivity contribution is 5.81. The molecule has 0 aromatic heterocycles. The third kappa shape index (κ3) is 4.08. The lowest BCUT2D eigenvalue weighted by molar-refractivity contribution is -0.124. The van der Waals surface area contributed by atoms with Gasteiger partial charge >= 0.3 is 0 Å². The second kappa shape index (κ2) is 6.83. The minimum absolute atomic E-state index is 0.0311. The summed E-state index contributed by atoms with van der Waals surface area (Å²) in [6, 6.07) is -0.465. The molecule has 0 aromatic carbocycles. The molecule has 0 radical (unpaired) electrons. The van der Waals surface area contributed by atoms with Gasteiger partial charge in [-0.25, -0.2) is 0 Å². The van der Waals surface area contributed by atoms with Gasteiger partial charge < -0.3 is 20.5 Å². The van der Waals surface area contributed by atoms with Gasteiger partial charge in [-0.05, 0) is 26.2 Å². The highest BCUT2D eigenvalue weighted by Gasteiger charge is 2.25. The number of hydrogen-bond donors (Lipinski definition) is 2. The van der Waals surface area contributed by atoms with Crippen molar-refractivity contribution in [3.05, 3.63) is 0 Å². The molecule has 1 heterocycles. The third-order valence-electron chi connectivity index (χ3n) is 2.86. The fraction of sp³-hybridized carbons (Fsp3) is 0.909. The number of methoxy groups -OCH3 is 1. The fourth-order valence-corrected chi connectivity index (χ4v) is 1.80. The van der Waals surface area contributed by atoms with Gasteiger partial charge in [0.2, 0.25) is 5.91 Å². The van der Waals surface area contributed by atoms with Crippen LogP contribution >= 0.6 is 0 Å². The Morgan fingerprint density at radius 1 is 1.69 bits per heavy atom. The smallest absolute Gasteiger partial charge is 0.237 e. The van der Waals surface area contributed by atoms with Gasteiger partial charge in [-0.1, -0.05) is 0 Å². The zero-order chi connectivity index (χ0) is 12.0. The van der Waals surface area contributed by atoms with Crippen LogP contribution in [0, 0.1) is 0 Å². The molecule has 1 amide bonds. The van der Waals surface area contributed by atoms with Crippen molar-refractivity contribution < 1.29 is 14.3 Å². The maximum absolute atomic E-state index is 11.7. The largest absolute Gasteiger partial charge is 0.385 e. The van der Waals surface area contributed by atoms with E-state index in [1.165, 1.54) is 0 Å². The predicted molar refractivity (Wildman–Crippen MR) is 61.0 cm³/mol. The summed E-state index contributed by atoms with van der Waals surface area (Å²) < 4.78 is 10.4. The first-order valence-corrected chi connectivity index (χ1v) is 5.81. The summed E-state index contributed by atoms with van der Waals surface area (Å²) in [7, 11) is 1.60. The molecule has 3 unspecified atom stereocenters. The summed E-state index contributed by atoms with van der Waals surface area (Å²) in [4.78, 5) is 11.7. The van der Waals surface area contributed by atoms with Crippen molar-refractivity contribution in [1.29, 1.82) is 0 Å². The standard InChI is InChI=1S/C11H22N2O3/c1-8(10-4-3-6-16-10)13-11(14)9(12)5-7-15-2/h8-10H,3-7,12H2,1-2H3,(H,13,14). The van der Waals surface area contributed by atoms with Crippen LogP contribution in [0.3, 0.4) is 0 Å². The number of nitrogens with one attached hydrogen (secondary N) is 1. The molecule has 5 heteroatoms. The van der Waals surface area contributed by atoms with E-state index in [-0.39, 0.29) is 18.1 Å². The summed E-state index contributed by atoms with van der Waals surface area (Å²) in [5.74, 6) is -0.125. The van der Waals surface area contributed by atoms with Crippen molar-refractivity contribution in [3.8, 4) is 0 Å². The first kappa shape index (κ1) is 13.4. The van der Waals surface area contributed by atoms with E-state index in [9.17, 15) is 4.79 Å². The van der Waals surface area contributed by atoms with Gasteiger partial charge in [0, 0.05) is 20.3 Å². The summed E-state index contributed by atoms with van der Waals surface area (Å²) >= 11 is 0. The Morgan fingerprint density at radius 2 is 2.44 bits per heavy atom. The Labute approximate surface area is 96.7 Å². The Morgan fingerprint density at radius 3 is 3.00 bits per heavy atom. The molecule has 1 aliphatic rings. The molecule has 5 nitrogen and oxygen atoms in total. The van der Waals surface area contributed by atoms with Crippen LogP contribution in [0.15, 0.2) is 0 Å². The monoisotopic (exact) mass is 230 g/mol. The van der Waals surface area contributed by atoms with Gasteiger partial charge in [0.05, 0.1) is 18.2 Å². The van der Waals surface area contributed by atoms with E-state index in [0.29, 0.717) is 13.0 Å². The van der Waals surface area contributed by atoms with Crippen LogP contribution in [0.4, 0.5) is 0 Å². The average Bonchev–Trinajstić information content (AvgIpc) is 2.79. The molecule has 94 valence electrons. The van der Waals surface area contributed by atoms with Crippen LogP contribution in [0.5, 0.6) is 0 Å². The molecule has 3 N–H and O–H groups in total. The molecule has 1 saturated heterocycles. The van der Waals surface area contributed by atoms with Crippen LogP contribution in [0.1, 0.15) is 26.2 Å². The van der Waals surface area contributed by atoms with Crippen molar-refractivity contribution in [3.63, 3.8) is 0 Å². The summed E-state index contributed by atoms with van der Waals surface area (Å²) in [6.07, 6.45) is 2.76. The molecule has 0 aromatic rings. The van der Waals surface area contributed by atoms with Crippen molar-refractivity contribution in [2.24, 2.45) is 5.73 Å². The van der Waals surface area contributed by atoms with Gasteiger partial charge in [0.15, 0.2) is 0 Å². The SMILES string of the molecule is COCCC(N)C(=O)NC(C)C1CCCO1. The first-order chi connectivity index (χ1) is 7.65. The number of hydrogen-bond acceptors (Lipinski definition) is 4. The average molecular weight is 230 g/mol. The third-order valence-corrected chi connectivity index (χ3v) is 2.86. The lowest BCUT2D eigenvalue weighted by atomic mass is 10.1. The lowest BCUT2D eigenvalue weighted by Gasteiger charge is -2.22. The molecule has 0 bridgehead atoms. The number of rotatable bonds is 6. The van der Waals surface area contributed by atoms with Crippen molar-refractivity contribution in [2.45, 2.75) is 44.4 Å². The normalized spacial score (nSPS) is 24.1. The zero-order valence-corrected chi connectivity index (χ0v) is 10.1. The maximum Gasteiger partial charge on any atom is 0.237 e. The minimum Gasteiger partial charge on any atom is -0.385 e. The molecular weight excluding hydrogens is 208 g/mol. The Bertz CT molecular complexity index is 217. The highest BCUT2D eigenvalue weighted by Crippen LogP contribution is 2.15. The highest BCUT2D eigenvalue weighted by atomic mass is 16.5. The molecule has 1 fully saturated rings. The second-order valence-corrected chi connectivity index (χ2v) is 4.24. The summed E-state index contributed by atoms with van der Waals surface area (Å²) in [5, 5.41) is 2.89. The van der Waals surface area contributed by atoms with E-state index < -0.39 is 6.04 Å². The number of carbonyl (C=O) groups excluding carboxylic acids is 1. The Hall–Kier alpha value is -0.650. The van der Waals surface area contributed by atoms with Gasteiger partial charge in [-0.2, -0.15) is 0 Å². The van der Waals surface area contributed by atoms with Crippen LogP contribution in [0.25, 0.3) is 0 Å². The van der Waals surface area contributed by atoms with E-state index in [1.807, 2.05) is 6.92 Å². The fourth-order valence-electron chi connectivity index (χ4n) is 1.80. The number of nitrogens with two attached hydrogens (primary N) is 1. The Kier molecular flexibility index (Phi) is 5.73. The van der Waals surface area contributed by atoms with Crippen LogP contribution in [0.2, 0.25) is 0 Å². The van der Waals surface area contributed by atoms with E-state index in [1.54, 1.807) is 7.11 Å². The minimum atomic E-state index is -0.496. The number of carbonyl (C=O) groups is 1. The summed E-state index contributed by atoms with van der Waals surface area (Å²) in [5.41, 5.74) is 5.72.